The second-order valence-electron chi connectivity index (χ2n) is 4.47. The van der Waals surface area contributed by atoms with Crippen molar-refractivity contribution in [3.63, 3.8) is 0 Å². The Morgan fingerprint density at radius 1 is 1.10 bits per heavy atom. The van der Waals surface area contributed by atoms with Crippen molar-refractivity contribution in [3.05, 3.63) is 66.5 Å². The van der Waals surface area contributed by atoms with E-state index in [0.29, 0.717) is 5.56 Å². The minimum absolute atomic E-state index is 0.0840. The van der Waals surface area contributed by atoms with Gasteiger partial charge in [-0.1, -0.05) is 47.2 Å². The van der Waals surface area contributed by atoms with Crippen molar-refractivity contribution in [2.75, 3.05) is 0 Å². The molecule has 5 heteroatoms. The maximum atomic E-state index is 8.85. The minimum atomic E-state index is 0.0840. The van der Waals surface area contributed by atoms with Crippen molar-refractivity contribution >= 4 is 28.4 Å². The molecule has 0 unspecified atom stereocenters. The van der Waals surface area contributed by atoms with Crippen LogP contribution >= 0.6 is 11.8 Å². The number of amidine groups is 1. The molecule has 0 radical (unpaired) electrons. The van der Waals surface area contributed by atoms with E-state index in [9.17, 15) is 0 Å². The summed E-state index contributed by atoms with van der Waals surface area (Å²) >= 11 is 1.54. The van der Waals surface area contributed by atoms with E-state index in [4.69, 9.17) is 10.9 Å². The number of nitrogens with two attached hydrogens (primary N) is 1. The van der Waals surface area contributed by atoms with Gasteiger partial charge in [0, 0.05) is 27.7 Å². The van der Waals surface area contributed by atoms with Crippen LogP contribution < -0.4 is 5.73 Å². The molecule has 3 rings (SSSR count). The van der Waals surface area contributed by atoms with Gasteiger partial charge in [0.05, 0.1) is 0 Å². The SMILES string of the molecule is N/C(=N/O)c1ccncc1Sc1ccc2ccccc2c1. The summed E-state index contributed by atoms with van der Waals surface area (Å²) < 4.78 is 0. The summed E-state index contributed by atoms with van der Waals surface area (Å²) in [6, 6.07) is 16.2. The fourth-order valence-corrected chi connectivity index (χ4v) is 3.06. The van der Waals surface area contributed by atoms with Crippen molar-refractivity contribution in [1.82, 2.24) is 4.98 Å². The minimum Gasteiger partial charge on any atom is -0.409 e. The Labute approximate surface area is 126 Å². The lowest BCUT2D eigenvalue weighted by Gasteiger charge is -2.08. The second kappa shape index (κ2) is 5.85. The average molecular weight is 295 g/mol. The standard InChI is InChI=1S/C16H13N3OS/c17-16(19-20)14-7-8-18-10-15(14)21-13-6-5-11-3-1-2-4-12(11)9-13/h1-10,20H,(H2,17,19). The lowest BCUT2D eigenvalue weighted by atomic mass is 10.1. The third-order valence-corrected chi connectivity index (χ3v) is 4.15. The van der Waals surface area contributed by atoms with Crippen LogP contribution in [0.15, 0.2) is 75.9 Å². The molecule has 0 saturated heterocycles. The topological polar surface area (TPSA) is 71.5 Å². The molecule has 3 aromatic rings. The summed E-state index contributed by atoms with van der Waals surface area (Å²) in [7, 11) is 0. The molecule has 0 amide bonds. The number of hydrogen-bond acceptors (Lipinski definition) is 4. The molecule has 0 saturated carbocycles. The van der Waals surface area contributed by atoms with Crippen LogP contribution in [-0.2, 0) is 0 Å². The highest BCUT2D eigenvalue weighted by Crippen LogP contribution is 2.31. The predicted octanol–water partition coefficient (Wildman–Crippen LogP) is 3.48. The maximum Gasteiger partial charge on any atom is 0.171 e. The number of benzene rings is 2. The summed E-state index contributed by atoms with van der Waals surface area (Å²) in [5.74, 6) is 0.0840. The highest BCUT2D eigenvalue weighted by atomic mass is 32.2. The van der Waals surface area contributed by atoms with Crippen LogP contribution in [0.25, 0.3) is 10.8 Å². The average Bonchev–Trinajstić information content (AvgIpc) is 2.54. The van der Waals surface area contributed by atoms with E-state index in [1.165, 1.54) is 22.5 Å². The van der Waals surface area contributed by atoms with Gasteiger partial charge in [-0.2, -0.15) is 0 Å². The third kappa shape index (κ3) is 2.83. The second-order valence-corrected chi connectivity index (χ2v) is 5.58. The van der Waals surface area contributed by atoms with Gasteiger partial charge >= 0.3 is 0 Å². The number of aromatic nitrogens is 1. The van der Waals surface area contributed by atoms with Gasteiger partial charge in [0.15, 0.2) is 5.84 Å². The normalized spacial score (nSPS) is 11.7. The Bertz CT molecular complexity index is 817. The maximum absolute atomic E-state index is 8.85. The van der Waals surface area contributed by atoms with Gasteiger partial charge in [-0.05, 0) is 29.0 Å². The highest BCUT2D eigenvalue weighted by molar-refractivity contribution is 7.99. The van der Waals surface area contributed by atoms with Crippen LogP contribution in [0.5, 0.6) is 0 Å². The van der Waals surface area contributed by atoms with Crippen molar-refractivity contribution in [2.24, 2.45) is 10.9 Å². The molecule has 4 nitrogen and oxygen atoms in total. The summed E-state index contributed by atoms with van der Waals surface area (Å²) in [4.78, 5) is 6.04. The van der Waals surface area contributed by atoms with Gasteiger partial charge in [-0.25, -0.2) is 0 Å². The number of pyridine rings is 1. The van der Waals surface area contributed by atoms with Gasteiger partial charge in [-0.15, -0.1) is 0 Å². The lowest BCUT2D eigenvalue weighted by Crippen LogP contribution is -2.14. The fraction of sp³-hybridized carbons (Fsp3) is 0. The largest absolute Gasteiger partial charge is 0.409 e. The molecule has 0 fully saturated rings. The van der Waals surface area contributed by atoms with Crippen molar-refractivity contribution < 1.29 is 5.21 Å². The number of nitrogens with zero attached hydrogens (tertiary/aromatic N) is 2. The van der Waals surface area contributed by atoms with Gasteiger partial charge in [0.2, 0.25) is 0 Å². The zero-order valence-electron chi connectivity index (χ0n) is 11.1. The lowest BCUT2D eigenvalue weighted by molar-refractivity contribution is 0.318. The van der Waals surface area contributed by atoms with Gasteiger partial charge in [-0.3, -0.25) is 4.98 Å². The highest BCUT2D eigenvalue weighted by Gasteiger charge is 2.09. The zero-order valence-corrected chi connectivity index (χ0v) is 11.9. The van der Waals surface area contributed by atoms with Gasteiger partial charge in [0.25, 0.3) is 0 Å². The molecule has 0 bridgehead atoms. The van der Waals surface area contributed by atoms with Crippen LogP contribution in [0, 0.1) is 0 Å². The van der Waals surface area contributed by atoms with Crippen LogP contribution in [0.4, 0.5) is 0 Å². The first-order valence-corrected chi connectivity index (χ1v) is 7.18. The number of fused-ring (bicyclic) bond motifs is 1. The molecule has 0 aliphatic rings. The monoisotopic (exact) mass is 295 g/mol. The Hall–Kier alpha value is -2.53. The molecular formula is C16H13N3OS. The first kappa shape index (κ1) is 13.5. The van der Waals surface area contributed by atoms with Crippen LogP contribution in [0.1, 0.15) is 5.56 Å². The summed E-state index contributed by atoms with van der Waals surface area (Å²) in [6.45, 7) is 0. The first-order valence-electron chi connectivity index (χ1n) is 6.36. The fourth-order valence-electron chi connectivity index (χ4n) is 2.08. The molecule has 104 valence electrons. The number of hydrogen-bond donors (Lipinski definition) is 2. The molecule has 0 aliphatic heterocycles. The van der Waals surface area contributed by atoms with Crippen LogP contribution in [-0.4, -0.2) is 16.0 Å². The van der Waals surface area contributed by atoms with E-state index < -0.39 is 0 Å². The van der Waals surface area contributed by atoms with Gasteiger partial charge in [0.1, 0.15) is 0 Å². The van der Waals surface area contributed by atoms with Crippen molar-refractivity contribution in [1.29, 1.82) is 0 Å². The molecular weight excluding hydrogens is 282 g/mol. The Kier molecular flexibility index (Phi) is 3.75. The van der Waals surface area contributed by atoms with E-state index in [1.807, 2.05) is 12.1 Å². The predicted molar refractivity (Wildman–Crippen MR) is 84.8 cm³/mol. The molecule has 21 heavy (non-hydrogen) atoms. The van der Waals surface area contributed by atoms with E-state index in [2.05, 4.69) is 40.5 Å². The van der Waals surface area contributed by atoms with Crippen LogP contribution in [0.2, 0.25) is 0 Å². The Balaban J connectivity index is 1.99. The number of rotatable bonds is 3. The summed E-state index contributed by atoms with van der Waals surface area (Å²) in [5.41, 5.74) is 6.37. The molecule has 0 aliphatic carbocycles. The third-order valence-electron chi connectivity index (χ3n) is 3.12. The molecule has 0 atom stereocenters. The smallest absolute Gasteiger partial charge is 0.171 e. The Morgan fingerprint density at radius 3 is 2.71 bits per heavy atom. The van der Waals surface area contributed by atoms with Crippen molar-refractivity contribution in [2.45, 2.75) is 9.79 Å². The zero-order chi connectivity index (χ0) is 14.7. The number of oxime groups is 1. The summed E-state index contributed by atoms with van der Waals surface area (Å²) in [5, 5.41) is 14.3. The first-order chi connectivity index (χ1) is 10.3. The van der Waals surface area contributed by atoms with E-state index >= 15 is 0 Å². The quantitative estimate of drug-likeness (QED) is 0.336. The molecule has 0 spiro atoms. The Morgan fingerprint density at radius 2 is 1.90 bits per heavy atom. The van der Waals surface area contributed by atoms with Crippen LogP contribution in [0.3, 0.4) is 0 Å². The molecule has 3 N–H and O–H groups in total. The molecule has 1 heterocycles. The van der Waals surface area contributed by atoms with E-state index in [-0.39, 0.29) is 5.84 Å². The molecule has 1 aromatic heterocycles. The van der Waals surface area contributed by atoms with Gasteiger partial charge < -0.3 is 10.9 Å². The van der Waals surface area contributed by atoms with E-state index in [0.717, 1.165) is 9.79 Å². The van der Waals surface area contributed by atoms with Crippen molar-refractivity contribution in [3.8, 4) is 0 Å². The summed E-state index contributed by atoms with van der Waals surface area (Å²) in [6.07, 6.45) is 3.34. The van der Waals surface area contributed by atoms with E-state index in [1.54, 1.807) is 18.5 Å². The molecule has 2 aromatic carbocycles.